The van der Waals surface area contributed by atoms with Crippen LogP contribution < -0.4 is 0 Å². The molecular formula is C15H14N6O. The number of carbonyl (C=O) groups is 1. The third kappa shape index (κ3) is 2.16. The van der Waals surface area contributed by atoms with Crippen molar-refractivity contribution < 1.29 is 4.79 Å². The summed E-state index contributed by atoms with van der Waals surface area (Å²) >= 11 is 0. The SMILES string of the molecule is O=C(c1ccn[nH]1)N1CC(n2cc(-c3ccccc3)nn2)C1. The van der Waals surface area contributed by atoms with Crippen molar-refractivity contribution in [1.29, 1.82) is 0 Å². The smallest absolute Gasteiger partial charge is 0.272 e. The molecule has 0 saturated carbocycles. The Hall–Kier alpha value is -2.96. The van der Waals surface area contributed by atoms with Crippen LogP contribution in [0.25, 0.3) is 11.3 Å². The number of hydrogen-bond donors (Lipinski definition) is 1. The quantitative estimate of drug-likeness (QED) is 0.791. The molecule has 0 radical (unpaired) electrons. The molecule has 2 aromatic heterocycles. The van der Waals surface area contributed by atoms with Crippen LogP contribution in [0, 0.1) is 0 Å². The van der Waals surface area contributed by atoms with Gasteiger partial charge in [-0.2, -0.15) is 5.10 Å². The van der Waals surface area contributed by atoms with Crippen LogP contribution in [0.3, 0.4) is 0 Å². The maximum atomic E-state index is 12.1. The summed E-state index contributed by atoms with van der Waals surface area (Å²) in [7, 11) is 0. The van der Waals surface area contributed by atoms with Crippen molar-refractivity contribution in [2.75, 3.05) is 13.1 Å². The van der Waals surface area contributed by atoms with E-state index in [2.05, 4.69) is 20.5 Å². The van der Waals surface area contributed by atoms with Gasteiger partial charge in [-0.3, -0.25) is 9.89 Å². The van der Waals surface area contributed by atoms with Crippen LogP contribution in [0.2, 0.25) is 0 Å². The fourth-order valence-corrected chi connectivity index (χ4v) is 2.53. The van der Waals surface area contributed by atoms with Crippen LogP contribution >= 0.6 is 0 Å². The van der Waals surface area contributed by atoms with Crippen molar-refractivity contribution in [3.63, 3.8) is 0 Å². The van der Waals surface area contributed by atoms with Crippen LogP contribution in [0.4, 0.5) is 0 Å². The first-order chi connectivity index (χ1) is 10.8. The Bertz CT molecular complexity index is 773. The van der Waals surface area contributed by atoms with Crippen molar-refractivity contribution in [2.24, 2.45) is 0 Å². The van der Waals surface area contributed by atoms with E-state index >= 15 is 0 Å². The lowest BCUT2D eigenvalue weighted by Crippen LogP contribution is -2.51. The predicted octanol–water partition coefficient (Wildman–Crippen LogP) is 1.37. The normalized spacial score (nSPS) is 14.8. The molecule has 1 aliphatic rings. The summed E-state index contributed by atoms with van der Waals surface area (Å²) in [6.45, 7) is 1.27. The second kappa shape index (κ2) is 5.10. The number of H-pyrrole nitrogens is 1. The van der Waals surface area contributed by atoms with E-state index in [-0.39, 0.29) is 11.9 Å². The number of benzene rings is 1. The predicted molar refractivity (Wildman–Crippen MR) is 79.0 cm³/mol. The zero-order valence-corrected chi connectivity index (χ0v) is 11.8. The summed E-state index contributed by atoms with van der Waals surface area (Å²) in [5.41, 5.74) is 2.40. The molecule has 1 N–H and O–H groups in total. The Labute approximate surface area is 126 Å². The largest absolute Gasteiger partial charge is 0.333 e. The Morgan fingerprint density at radius 3 is 2.73 bits per heavy atom. The minimum absolute atomic E-state index is 0.0304. The molecule has 0 aliphatic carbocycles. The molecule has 1 amide bonds. The number of nitrogens with zero attached hydrogens (tertiary/aromatic N) is 5. The number of hydrogen-bond acceptors (Lipinski definition) is 4. The van der Waals surface area contributed by atoms with E-state index in [1.807, 2.05) is 41.2 Å². The zero-order chi connectivity index (χ0) is 14.9. The van der Waals surface area contributed by atoms with E-state index in [9.17, 15) is 4.79 Å². The molecule has 1 fully saturated rings. The number of rotatable bonds is 3. The lowest BCUT2D eigenvalue weighted by atomic mass is 10.1. The van der Waals surface area contributed by atoms with Crippen molar-refractivity contribution in [3.8, 4) is 11.3 Å². The summed E-state index contributed by atoms with van der Waals surface area (Å²) in [6, 6.07) is 11.8. The van der Waals surface area contributed by atoms with Crippen molar-refractivity contribution in [2.45, 2.75) is 6.04 Å². The molecule has 0 atom stereocenters. The molecular weight excluding hydrogens is 280 g/mol. The van der Waals surface area contributed by atoms with Crippen LogP contribution in [-0.2, 0) is 0 Å². The molecule has 110 valence electrons. The lowest BCUT2D eigenvalue weighted by Gasteiger charge is -2.38. The van der Waals surface area contributed by atoms with Crippen LogP contribution in [-0.4, -0.2) is 49.1 Å². The van der Waals surface area contributed by atoms with Gasteiger partial charge >= 0.3 is 0 Å². The summed E-state index contributed by atoms with van der Waals surface area (Å²) in [5, 5.41) is 14.9. The summed E-state index contributed by atoms with van der Waals surface area (Å²) < 4.78 is 1.83. The molecule has 3 heterocycles. The maximum absolute atomic E-state index is 12.1. The number of amides is 1. The molecule has 0 unspecified atom stereocenters. The van der Waals surface area contributed by atoms with Gasteiger partial charge in [0.25, 0.3) is 5.91 Å². The summed E-state index contributed by atoms with van der Waals surface area (Å²) in [6.07, 6.45) is 3.51. The van der Waals surface area contributed by atoms with E-state index in [1.165, 1.54) is 0 Å². The zero-order valence-electron chi connectivity index (χ0n) is 11.8. The van der Waals surface area contributed by atoms with Gasteiger partial charge in [0.15, 0.2) is 0 Å². The van der Waals surface area contributed by atoms with E-state index in [0.29, 0.717) is 18.8 Å². The van der Waals surface area contributed by atoms with E-state index in [1.54, 1.807) is 17.2 Å². The van der Waals surface area contributed by atoms with Gasteiger partial charge in [-0.1, -0.05) is 35.5 Å². The van der Waals surface area contributed by atoms with Gasteiger partial charge in [0.05, 0.1) is 12.2 Å². The second-order valence-electron chi connectivity index (χ2n) is 5.28. The Morgan fingerprint density at radius 2 is 2.00 bits per heavy atom. The Morgan fingerprint density at radius 1 is 1.18 bits per heavy atom. The van der Waals surface area contributed by atoms with Gasteiger partial charge in [0, 0.05) is 24.8 Å². The third-order valence-corrected chi connectivity index (χ3v) is 3.83. The maximum Gasteiger partial charge on any atom is 0.272 e. The molecule has 1 aliphatic heterocycles. The van der Waals surface area contributed by atoms with E-state index < -0.39 is 0 Å². The molecule has 4 rings (SSSR count). The van der Waals surface area contributed by atoms with Gasteiger partial charge in [-0.25, -0.2) is 4.68 Å². The van der Waals surface area contributed by atoms with Gasteiger partial charge in [0.2, 0.25) is 0 Å². The topological polar surface area (TPSA) is 79.7 Å². The van der Waals surface area contributed by atoms with Crippen LogP contribution in [0.5, 0.6) is 0 Å². The standard InChI is InChI=1S/C15H14N6O/c22-15(13-6-7-16-17-13)20-8-12(9-20)21-10-14(18-19-21)11-4-2-1-3-5-11/h1-7,10,12H,8-9H2,(H,16,17). The molecule has 7 heteroatoms. The number of aromatic amines is 1. The van der Waals surface area contributed by atoms with Crippen molar-refractivity contribution >= 4 is 5.91 Å². The molecule has 7 nitrogen and oxygen atoms in total. The fourth-order valence-electron chi connectivity index (χ4n) is 2.53. The average molecular weight is 294 g/mol. The van der Waals surface area contributed by atoms with Crippen molar-refractivity contribution in [3.05, 3.63) is 54.5 Å². The molecule has 0 spiro atoms. The second-order valence-corrected chi connectivity index (χ2v) is 5.28. The highest BCUT2D eigenvalue weighted by atomic mass is 16.2. The molecule has 1 saturated heterocycles. The average Bonchev–Trinajstić information content (AvgIpc) is 3.18. The molecule has 0 bridgehead atoms. The Balaban J connectivity index is 1.43. The summed E-state index contributed by atoms with van der Waals surface area (Å²) in [5.74, 6) is -0.0304. The van der Waals surface area contributed by atoms with Crippen molar-refractivity contribution in [1.82, 2.24) is 30.1 Å². The Kier molecular flexibility index (Phi) is 2.96. The summed E-state index contributed by atoms with van der Waals surface area (Å²) in [4.78, 5) is 13.9. The van der Waals surface area contributed by atoms with Crippen LogP contribution in [0.15, 0.2) is 48.8 Å². The third-order valence-electron chi connectivity index (χ3n) is 3.83. The van der Waals surface area contributed by atoms with Gasteiger partial charge in [-0.05, 0) is 6.07 Å². The first-order valence-corrected chi connectivity index (χ1v) is 7.07. The highest BCUT2D eigenvalue weighted by Crippen LogP contribution is 2.24. The van der Waals surface area contributed by atoms with E-state index in [0.717, 1.165) is 11.3 Å². The fraction of sp³-hybridized carbons (Fsp3) is 0.200. The number of likely N-dealkylation sites (tertiary alicyclic amines) is 1. The highest BCUT2D eigenvalue weighted by Gasteiger charge is 2.33. The monoisotopic (exact) mass is 294 g/mol. The first-order valence-electron chi connectivity index (χ1n) is 7.07. The molecule has 1 aromatic carbocycles. The molecule has 3 aromatic rings. The van der Waals surface area contributed by atoms with Gasteiger partial charge < -0.3 is 4.90 Å². The van der Waals surface area contributed by atoms with Gasteiger partial charge in [0.1, 0.15) is 11.4 Å². The highest BCUT2D eigenvalue weighted by molar-refractivity contribution is 5.92. The van der Waals surface area contributed by atoms with Gasteiger partial charge in [-0.15, -0.1) is 5.10 Å². The first kappa shape index (κ1) is 12.8. The lowest BCUT2D eigenvalue weighted by molar-refractivity contribution is 0.0492. The minimum Gasteiger partial charge on any atom is -0.333 e. The number of aromatic nitrogens is 5. The number of nitrogens with one attached hydrogen (secondary N) is 1. The molecule has 22 heavy (non-hydrogen) atoms. The number of carbonyl (C=O) groups excluding carboxylic acids is 1. The van der Waals surface area contributed by atoms with Crippen LogP contribution in [0.1, 0.15) is 16.5 Å². The van der Waals surface area contributed by atoms with E-state index in [4.69, 9.17) is 0 Å². The minimum atomic E-state index is -0.0304.